The van der Waals surface area contributed by atoms with Gasteiger partial charge in [-0.05, 0) is 36.1 Å². The minimum Gasteiger partial charge on any atom is -0.351 e. The van der Waals surface area contributed by atoms with Crippen molar-refractivity contribution in [2.24, 2.45) is 0 Å². The third kappa shape index (κ3) is 3.11. The fourth-order valence-corrected chi connectivity index (χ4v) is 2.49. The summed E-state index contributed by atoms with van der Waals surface area (Å²) in [7, 11) is 0. The van der Waals surface area contributed by atoms with E-state index in [4.69, 9.17) is 0 Å². The molecule has 1 atom stereocenters. The lowest BCUT2D eigenvalue weighted by Gasteiger charge is -2.18. The molecule has 3 rings (SSSR count). The molecule has 2 heterocycles. The Balaban J connectivity index is 1.84. The van der Waals surface area contributed by atoms with Gasteiger partial charge in [0.1, 0.15) is 17.8 Å². The van der Waals surface area contributed by atoms with Gasteiger partial charge in [0.15, 0.2) is 0 Å². The standard InChI is InChI=1S/C17H21N5O/c1-10(15-18-9-19-22-15)20-16(23)14-8-11-7-12(17(2,3)4)5-6-13(11)21-14/h5-10,21H,1-4H3,(H,20,23)(H,18,19,22). The van der Waals surface area contributed by atoms with E-state index < -0.39 is 0 Å². The molecule has 2 aromatic heterocycles. The molecule has 0 fully saturated rings. The molecular weight excluding hydrogens is 290 g/mol. The van der Waals surface area contributed by atoms with E-state index >= 15 is 0 Å². The third-order valence-electron chi connectivity index (χ3n) is 3.92. The number of nitrogens with one attached hydrogen (secondary N) is 3. The van der Waals surface area contributed by atoms with Gasteiger partial charge in [-0.2, -0.15) is 5.10 Å². The van der Waals surface area contributed by atoms with Crippen molar-refractivity contribution in [1.82, 2.24) is 25.5 Å². The number of hydrogen-bond acceptors (Lipinski definition) is 3. The topological polar surface area (TPSA) is 86.5 Å². The van der Waals surface area contributed by atoms with E-state index in [1.54, 1.807) is 0 Å². The van der Waals surface area contributed by atoms with Gasteiger partial charge in [0.2, 0.25) is 0 Å². The van der Waals surface area contributed by atoms with Crippen molar-refractivity contribution in [3.8, 4) is 0 Å². The number of aromatic amines is 2. The summed E-state index contributed by atoms with van der Waals surface area (Å²) in [5, 5.41) is 10.5. The second-order valence-corrected chi connectivity index (χ2v) is 6.80. The third-order valence-corrected chi connectivity index (χ3v) is 3.92. The monoisotopic (exact) mass is 311 g/mol. The van der Waals surface area contributed by atoms with Gasteiger partial charge in [-0.15, -0.1) is 0 Å². The molecule has 0 spiro atoms. The highest BCUT2D eigenvalue weighted by Crippen LogP contribution is 2.26. The predicted octanol–water partition coefficient (Wildman–Crippen LogP) is 3.07. The van der Waals surface area contributed by atoms with Gasteiger partial charge in [-0.3, -0.25) is 9.89 Å². The SMILES string of the molecule is CC(NC(=O)c1cc2cc(C(C)(C)C)ccc2[nH]1)c1ncn[nH]1. The maximum atomic E-state index is 12.4. The molecule has 0 aliphatic rings. The Bertz CT molecular complexity index is 826. The number of carbonyl (C=O) groups is 1. The molecule has 6 heteroatoms. The van der Waals surface area contributed by atoms with Crippen LogP contribution in [-0.2, 0) is 5.41 Å². The van der Waals surface area contributed by atoms with Gasteiger partial charge in [0.25, 0.3) is 5.91 Å². The number of carbonyl (C=O) groups excluding carboxylic acids is 1. The minimum absolute atomic E-state index is 0.0781. The van der Waals surface area contributed by atoms with Crippen molar-refractivity contribution in [2.45, 2.75) is 39.2 Å². The fraction of sp³-hybridized carbons (Fsp3) is 0.353. The molecule has 23 heavy (non-hydrogen) atoms. The number of amides is 1. The minimum atomic E-state index is -0.235. The van der Waals surface area contributed by atoms with E-state index in [0.29, 0.717) is 11.5 Å². The van der Waals surface area contributed by atoms with Crippen molar-refractivity contribution in [3.05, 3.63) is 47.7 Å². The molecule has 3 N–H and O–H groups in total. The first-order valence-electron chi connectivity index (χ1n) is 7.64. The highest BCUT2D eigenvalue weighted by atomic mass is 16.1. The van der Waals surface area contributed by atoms with Crippen LogP contribution in [0.25, 0.3) is 10.9 Å². The Labute approximate surface area is 134 Å². The van der Waals surface area contributed by atoms with Crippen LogP contribution in [-0.4, -0.2) is 26.1 Å². The molecule has 1 aromatic carbocycles. The number of H-pyrrole nitrogens is 2. The van der Waals surface area contributed by atoms with Crippen LogP contribution in [0.15, 0.2) is 30.6 Å². The van der Waals surface area contributed by atoms with Crippen LogP contribution in [0.4, 0.5) is 0 Å². The summed E-state index contributed by atoms with van der Waals surface area (Å²) >= 11 is 0. The number of nitrogens with zero attached hydrogens (tertiary/aromatic N) is 2. The van der Waals surface area contributed by atoms with Crippen LogP contribution in [0, 0.1) is 0 Å². The number of fused-ring (bicyclic) bond motifs is 1. The molecule has 0 saturated carbocycles. The Kier molecular flexibility index (Phi) is 3.67. The van der Waals surface area contributed by atoms with Crippen molar-refractivity contribution >= 4 is 16.8 Å². The van der Waals surface area contributed by atoms with Crippen LogP contribution in [0.3, 0.4) is 0 Å². The van der Waals surface area contributed by atoms with E-state index in [0.717, 1.165) is 10.9 Å². The van der Waals surface area contributed by atoms with Crippen molar-refractivity contribution < 1.29 is 4.79 Å². The number of hydrogen-bond donors (Lipinski definition) is 3. The summed E-state index contributed by atoms with van der Waals surface area (Å²) < 4.78 is 0. The smallest absolute Gasteiger partial charge is 0.268 e. The van der Waals surface area contributed by atoms with Crippen LogP contribution in [0.5, 0.6) is 0 Å². The maximum Gasteiger partial charge on any atom is 0.268 e. The van der Waals surface area contributed by atoms with Gasteiger partial charge < -0.3 is 10.3 Å². The van der Waals surface area contributed by atoms with E-state index in [2.05, 4.69) is 58.4 Å². The molecule has 1 unspecified atom stereocenters. The Morgan fingerprint density at radius 2 is 2.04 bits per heavy atom. The number of rotatable bonds is 3. The van der Waals surface area contributed by atoms with Crippen LogP contribution >= 0.6 is 0 Å². The molecule has 0 bridgehead atoms. The highest BCUT2D eigenvalue weighted by Gasteiger charge is 2.17. The Morgan fingerprint density at radius 3 is 2.70 bits per heavy atom. The highest BCUT2D eigenvalue weighted by molar-refractivity contribution is 5.98. The zero-order chi connectivity index (χ0) is 16.6. The summed E-state index contributed by atoms with van der Waals surface area (Å²) in [5.74, 6) is 0.465. The summed E-state index contributed by atoms with van der Waals surface area (Å²) in [6.07, 6.45) is 1.43. The second-order valence-electron chi connectivity index (χ2n) is 6.80. The zero-order valence-electron chi connectivity index (χ0n) is 13.8. The molecule has 120 valence electrons. The molecule has 6 nitrogen and oxygen atoms in total. The first kappa shape index (κ1) is 15.3. The average molecular weight is 311 g/mol. The van der Waals surface area contributed by atoms with E-state index in [-0.39, 0.29) is 17.4 Å². The summed E-state index contributed by atoms with van der Waals surface area (Å²) in [5.41, 5.74) is 2.81. The van der Waals surface area contributed by atoms with Crippen LogP contribution < -0.4 is 5.32 Å². The molecule has 0 aliphatic heterocycles. The van der Waals surface area contributed by atoms with Crippen molar-refractivity contribution in [2.75, 3.05) is 0 Å². The van der Waals surface area contributed by atoms with E-state index in [1.165, 1.54) is 11.9 Å². The molecule has 3 aromatic rings. The van der Waals surface area contributed by atoms with E-state index in [1.807, 2.05) is 19.1 Å². The molecule has 0 aliphatic carbocycles. The lowest BCUT2D eigenvalue weighted by atomic mass is 9.86. The number of benzene rings is 1. The second kappa shape index (κ2) is 5.53. The largest absolute Gasteiger partial charge is 0.351 e. The fourth-order valence-electron chi connectivity index (χ4n) is 2.49. The van der Waals surface area contributed by atoms with Crippen molar-refractivity contribution in [3.63, 3.8) is 0 Å². The normalized spacial score (nSPS) is 13.2. The van der Waals surface area contributed by atoms with Gasteiger partial charge in [-0.25, -0.2) is 4.98 Å². The Morgan fingerprint density at radius 1 is 1.26 bits per heavy atom. The first-order chi connectivity index (χ1) is 10.8. The van der Waals surface area contributed by atoms with Crippen molar-refractivity contribution in [1.29, 1.82) is 0 Å². The first-order valence-corrected chi connectivity index (χ1v) is 7.64. The Hall–Kier alpha value is -2.63. The lowest BCUT2D eigenvalue weighted by Crippen LogP contribution is -2.27. The number of aromatic nitrogens is 4. The maximum absolute atomic E-state index is 12.4. The van der Waals surface area contributed by atoms with Gasteiger partial charge >= 0.3 is 0 Å². The predicted molar refractivity (Wildman–Crippen MR) is 89.3 cm³/mol. The molecular formula is C17H21N5O. The molecule has 1 amide bonds. The molecule has 0 saturated heterocycles. The average Bonchev–Trinajstić information content (AvgIpc) is 3.14. The lowest BCUT2D eigenvalue weighted by molar-refractivity contribution is 0.0934. The quantitative estimate of drug-likeness (QED) is 0.694. The van der Waals surface area contributed by atoms with Crippen LogP contribution in [0.2, 0.25) is 0 Å². The zero-order valence-corrected chi connectivity index (χ0v) is 13.8. The van der Waals surface area contributed by atoms with Gasteiger partial charge in [-0.1, -0.05) is 26.8 Å². The van der Waals surface area contributed by atoms with E-state index in [9.17, 15) is 4.79 Å². The molecule has 0 radical (unpaired) electrons. The van der Waals surface area contributed by atoms with Gasteiger partial charge in [0.05, 0.1) is 6.04 Å². The summed E-state index contributed by atoms with van der Waals surface area (Å²) in [6, 6.07) is 7.89. The van der Waals surface area contributed by atoms with Crippen LogP contribution in [0.1, 0.15) is 55.6 Å². The summed E-state index contributed by atoms with van der Waals surface area (Å²) in [6.45, 7) is 8.38. The summed E-state index contributed by atoms with van der Waals surface area (Å²) in [4.78, 5) is 19.6. The van der Waals surface area contributed by atoms with Gasteiger partial charge in [0, 0.05) is 10.9 Å².